The van der Waals surface area contributed by atoms with E-state index in [0.29, 0.717) is 24.9 Å². The third-order valence-electron chi connectivity index (χ3n) is 9.70. The highest BCUT2D eigenvalue weighted by Gasteiger charge is 2.39. The second-order valence-corrected chi connectivity index (χ2v) is 12.7. The van der Waals surface area contributed by atoms with E-state index >= 15 is 0 Å². The molecule has 0 radical (unpaired) electrons. The molecular formula is C38H49N3O3. The highest BCUT2D eigenvalue weighted by molar-refractivity contribution is 5.76. The summed E-state index contributed by atoms with van der Waals surface area (Å²) in [5, 5.41) is 0. The van der Waals surface area contributed by atoms with E-state index in [1.165, 1.54) is 11.1 Å². The molecule has 1 aliphatic heterocycles. The number of likely N-dealkylation sites (tertiary alicyclic amines) is 1. The van der Waals surface area contributed by atoms with Crippen molar-refractivity contribution < 1.29 is 14.3 Å². The molecule has 2 amide bonds. The van der Waals surface area contributed by atoms with Gasteiger partial charge in [-0.25, -0.2) is 4.79 Å². The number of ether oxygens (including phenoxy) is 1. The van der Waals surface area contributed by atoms with Crippen molar-refractivity contribution in [3.63, 3.8) is 0 Å². The van der Waals surface area contributed by atoms with Gasteiger partial charge in [0.1, 0.15) is 6.61 Å². The molecule has 1 saturated heterocycles. The number of carbonyl (C=O) groups is 2. The Labute approximate surface area is 264 Å². The van der Waals surface area contributed by atoms with Gasteiger partial charge in [0.15, 0.2) is 0 Å². The second kappa shape index (κ2) is 15.9. The Hall–Kier alpha value is -3.64. The Morgan fingerprint density at radius 3 is 2.07 bits per heavy atom. The number of nitrogens with zero attached hydrogens (tertiary/aromatic N) is 3. The molecule has 1 saturated carbocycles. The Bertz CT molecular complexity index is 1290. The third-order valence-corrected chi connectivity index (χ3v) is 9.70. The van der Waals surface area contributed by atoms with Crippen LogP contribution in [-0.4, -0.2) is 72.0 Å². The largest absolute Gasteiger partial charge is 0.445 e. The van der Waals surface area contributed by atoms with Gasteiger partial charge in [-0.2, -0.15) is 0 Å². The van der Waals surface area contributed by atoms with Crippen LogP contribution in [0.1, 0.15) is 68.1 Å². The number of aryl methyl sites for hydroxylation is 1. The number of carbonyl (C=O) groups excluding carboxylic acids is 2. The minimum absolute atomic E-state index is 0.197. The zero-order chi connectivity index (χ0) is 30.7. The van der Waals surface area contributed by atoms with Crippen LogP contribution < -0.4 is 0 Å². The van der Waals surface area contributed by atoms with Gasteiger partial charge in [0.05, 0.1) is 0 Å². The summed E-state index contributed by atoms with van der Waals surface area (Å²) in [6.45, 7) is 6.14. The predicted octanol–water partition coefficient (Wildman–Crippen LogP) is 7.15. The summed E-state index contributed by atoms with van der Waals surface area (Å²) >= 11 is 0. The molecule has 2 fully saturated rings. The highest BCUT2D eigenvalue weighted by atomic mass is 16.6. The smallest absolute Gasteiger partial charge is 0.410 e. The molecule has 2 aliphatic rings. The van der Waals surface area contributed by atoms with Gasteiger partial charge < -0.3 is 19.4 Å². The summed E-state index contributed by atoms with van der Waals surface area (Å²) in [5.74, 6) is 1.17. The summed E-state index contributed by atoms with van der Waals surface area (Å²) in [5.41, 5.74) is 3.61. The number of amides is 2. The lowest BCUT2D eigenvalue weighted by molar-refractivity contribution is -0.131. The minimum atomic E-state index is -0.197. The minimum Gasteiger partial charge on any atom is -0.445 e. The standard InChI is InChI=1S/C38H49N3O3/c1-3-23-41(38(43)44-29-31-15-9-5-10-16-31)34-21-24-40(25-22-34)28-33-26-35(27-36(33)32-17-11-6-12-18-32)39(2)37(42)20-19-30-13-7-4-8-14-30/h4-18,33-36H,3,19-29H2,1-2H3. The maximum absolute atomic E-state index is 13.3. The Morgan fingerprint density at radius 1 is 0.818 bits per heavy atom. The molecule has 0 aromatic heterocycles. The number of hydrogen-bond acceptors (Lipinski definition) is 4. The van der Waals surface area contributed by atoms with E-state index in [2.05, 4.69) is 54.3 Å². The molecule has 3 aromatic carbocycles. The van der Waals surface area contributed by atoms with Crippen molar-refractivity contribution >= 4 is 12.0 Å². The van der Waals surface area contributed by atoms with Crippen LogP contribution >= 0.6 is 0 Å². The van der Waals surface area contributed by atoms with Crippen LogP contribution in [-0.2, 0) is 22.6 Å². The van der Waals surface area contributed by atoms with Gasteiger partial charge in [0, 0.05) is 51.7 Å². The van der Waals surface area contributed by atoms with Crippen LogP contribution in [0.4, 0.5) is 4.79 Å². The summed E-state index contributed by atoms with van der Waals surface area (Å²) in [6.07, 6.45) is 6.02. The maximum Gasteiger partial charge on any atom is 0.410 e. The normalized spacial score (nSPS) is 20.7. The fourth-order valence-corrected chi connectivity index (χ4v) is 7.21. The first-order valence-electron chi connectivity index (χ1n) is 16.6. The first-order valence-corrected chi connectivity index (χ1v) is 16.6. The van der Waals surface area contributed by atoms with E-state index in [4.69, 9.17) is 4.74 Å². The lowest BCUT2D eigenvalue weighted by Gasteiger charge is -2.39. The first-order chi connectivity index (χ1) is 21.5. The lowest BCUT2D eigenvalue weighted by Crippen LogP contribution is -2.48. The van der Waals surface area contributed by atoms with Gasteiger partial charge in [-0.1, -0.05) is 97.9 Å². The molecule has 0 bridgehead atoms. The van der Waals surface area contributed by atoms with Crippen LogP contribution in [0, 0.1) is 5.92 Å². The maximum atomic E-state index is 13.3. The molecule has 44 heavy (non-hydrogen) atoms. The predicted molar refractivity (Wildman–Crippen MR) is 176 cm³/mol. The highest BCUT2D eigenvalue weighted by Crippen LogP contribution is 2.42. The van der Waals surface area contributed by atoms with Gasteiger partial charge in [-0.3, -0.25) is 4.79 Å². The number of benzene rings is 3. The van der Waals surface area contributed by atoms with E-state index in [1.807, 2.05) is 65.4 Å². The first kappa shape index (κ1) is 31.8. The monoisotopic (exact) mass is 595 g/mol. The molecule has 0 N–H and O–H groups in total. The van der Waals surface area contributed by atoms with E-state index in [9.17, 15) is 9.59 Å². The zero-order valence-corrected chi connectivity index (χ0v) is 26.5. The van der Waals surface area contributed by atoms with Crippen molar-refractivity contribution in [2.45, 2.75) is 76.5 Å². The fraction of sp³-hybridized carbons (Fsp3) is 0.474. The van der Waals surface area contributed by atoms with Crippen LogP contribution in [0.5, 0.6) is 0 Å². The quantitative estimate of drug-likeness (QED) is 0.223. The van der Waals surface area contributed by atoms with Crippen LogP contribution in [0.25, 0.3) is 0 Å². The molecular weight excluding hydrogens is 546 g/mol. The van der Waals surface area contributed by atoms with Gasteiger partial charge >= 0.3 is 6.09 Å². The lowest BCUT2D eigenvalue weighted by atomic mass is 9.88. The van der Waals surface area contributed by atoms with Crippen molar-refractivity contribution in [1.82, 2.24) is 14.7 Å². The summed E-state index contributed by atoms with van der Waals surface area (Å²) in [4.78, 5) is 33.0. The van der Waals surface area contributed by atoms with Crippen molar-refractivity contribution in [2.75, 3.05) is 33.2 Å². The molecule has 3 unspecified atom stereocenters. The van der Waals surface area contributed by atoms with Gasteiger partial charge in [-0.15, -0.1) is 0 Å². The molecule has 3 atom stereocenters. The topological polar surface area (TPSA) is 53.1 Å². The SMILES string of the molecule is CCCN(C(=O)OCc1ccccc1)C1CCN(CC2CC(N(C)C(=O)CCc3ccccc3)CC2c2ccccc2)CC1. The number of piperidine rings is 1. The van der Waals surface area contributed by atoms with Gasteiger partial charge in [0.2, 0.25) is 5.91 Å². The average molecular weight is 596 g/mol. The summed E-state index contributed by atoms with van der Waals surface area (Å²) in [7, 11) is 2.01. The van der Waals surface area contributed by atoms with Gasteiger partial charge in [0.25, 0.3) is 0 Å². The Morgan fingerprint density at radius 2 is 1.43 bits per heavy atom. The molecule has 0 spiro atoms. The fourth-order valence-electron chi connectivity index (χ4n) is 7.21. The molecule has 5 rings (SSSR count). The molecule has 1 heterocycles. The molecule has 6 nitrogen and oxygen atoms in total. The van der Waals surface area contributed by atoms with Crippen LogP contribution in [0.15, 0.2) is 91.0 Å². The molecule has 3 aromatic rings. The Balaban J connectivity index is 1.16. The van der Waals surface area contributed by atoms with E-state index in [1.54, 1.807) is 0 Å². The van der Waals surface area contributed by atoms with Gasteiger partial charge in [-0.05, 0) is 67.1 Å². The van der Waals surface area contributed by atoms with Crippen molar-refractivity contribution in [3.05, 3.63) is 108 Å². The zero-order valence-electron chi connectivity index (χ0n) is 26.5. The van der Waals surface area contributed by atoms with E-state index in [-0.39, 0.29) is 24.1 Å². The van der Waals surface area contributed by atoms with Crippen LogP contribution in [0.2, 0.25) is 0 Å². The molecule has 6 heteroatoms. The number of rotatable bonds is 12. The molecule has 234 valence electrons. The average Bonchev–Trinajstić information content (AvgIpc) is 3.50. The van der Waals surface area contributed by atoms with Crippen molar-refractivity contribution in [3.8, 4) is 0 Å². The van der Waals surface area contributed by atoms with Crippen LogP contribution in [0.3, 0.4) is 0 Å². The second-order valence-electron chi connectivity index (χ2n) is 12.7. The van der Waals surface area contributed by atoms with E-state index < -0.39 is 0 Å². The molecule has 1 aliphatic carbocycles. The Kier molecular flexibility index (Phi) is 11.5. The summed E-state index contributed by atoms with van der Waals surface area (Å²) in [6, 6.07) is 31.5. The summed E-state index contributed by atoms with van der Waals surface area (Å²) < 4.78 is 5.73. The van der Waals surface area contributed by atoms with Crippen molar-refractivity contribution in [1.29, 1.82) is 0 Å². The number of hydrogen-bond donors (Lipinski definition) is 0. The van der Waals surface area contributed by atoms with E-state index in [0.717, 1.165) is 70.3 Å². The van der Waals surface area contributed by atoms with Crippen molar-refractivity contribution in [2.24, 2.45) is 5.92 Å². The third kappa shape index (κ3) is 8.50.